The van der Waals surface area contributed by atoms with Crippen LogP contribution in [0.1, 0.15) is 88.8 Å². The van der Waals surface area contributed by atoms with Crippen molar-refractivity contribution >= 4 is 5.91 Å². The number of aryl methyl sites for hydroxylation is 2. The van der Waals surface area contributed by atoms with E-state index in [1.165, 1.54) is 11.3 Å². The van der Waals surface area contributed by atoms with E-state index in [1.807, 2.05) is 6.20 Å². The van der Waals surface area contributed by atoms with Crippen LogP contribution in [0, 0.1) is 0 Å². The zero-order valence-electron chi connectivity index (χ0n) is 16.9. The molecule has 0 aliphatic heterocycles. The third kappa shape index (κ3) is 4.76. The highest BCUT2D eigenvalue weighted by atomic mass is 16.5. The second-order valence-electron chi connectivity index (χ2n) is 8.35. The molecule has 0 bridgehead atoms. The highest BCUT2D eigenvalue weighted by molar-refractivity contribution is 5.76. The van der Waals surface area contributed by atoms with E-state index < -0.39 is 0 Å². The van der Waals surface area contributed by atoms with Gasteiger partial charge in [0.1, 0.15) is 0 Å². The van der Waals surface area contributed by atoms with Crippen LogP contribution in [0.15, 0.2) is 10.7 Å². The van der Waals surface area contributed by atoms with Crippen molar-refractivity contribution in [1.82, 2.24) is 25.2 Å². The van der Waals surface area contributed by atoms with Gasteiger partial charge in [-0.15, -0.1) is 0 Å². The van der Waals surface area contributed by atoms with Crippen molar-refractivity contribution in [2.75, 3.05) is 0 Å². The maximum atomic E-state index is 12.4. The number of nitrogens with one attached hydrogen (secondary N) is 1. The predicted molar refractivity (Wildman–Crippen MR) is 102 cm³/mol. The van der Waals surface area contributed by atoms with Gasteiger partial charge in [0.25, 0.3) is 0 Å². The number of aromatic nitrogens is 4. The normalized spacial score (nSPS) is 17.0. The van der Waals surface area contributed by atoms with E-state index in [-0.39, 0.29) is 17.5 Å². The summed E-state index contributed by atoms with van der Waals surface area (Å²) >= 11 is 0. The van der Waals surface area contributed by atoms with Crippen LogP contribution in [-0.2, 0) is 29.6 Å². The first-order valence-corrected chi connectivity index (χ1v) is 10.1. The van der Waals surface area contributed by atoms with E-state index in [9.17, 15) is 4.79 Å². The molecule has 0 aromatic carbocycles. The van der Waals surface area contributed by atoms with E-state index in [4.69, 9.17) is 4.52 Å². The highest BCUT2D eigenvalue weighted by Gasteiger charge is 2.28. The summed E-state index contributed by atoms with van der Waals surface area (Å²) in [6, 6.07) is 0.0666. The SMILES string of the molecule is CCCc1noc(CCCC(=O)NC2CCCc3c2cnn3C(C)(C)C)n1. The third-order valence-electron chi connectivity index (χ3n) is 4.93. The standard InChI is InChI=1S/C20H31N5O2/c1-5-8-17-23-19(27-24-17)12-7-11-18(26)22-15-9-6-10-16-14(15)13-21-25(16)20(2,3)4/h13,15H,5-12H2,1-4H3,(H,22,26). The predicted octanol–water partition coefficient (Wildman–Crippen LogP) is 3.49. The minimum atomic E-state index is -0.0415. The van der Waals surface area contributed by atoms with Crippen molar-refractivity contribution < 1.29 is 9.32 Å². The fourth-order valence-electron chi connectivity index (χ4n) is 3.67. The van der Waals surface area contributed by atoms with Crippen LogP contribution in [0.5, 0.6) is 0 Å². The van der Waals surface area contributed by atoms with Gasteiger partial charge in [0, 0.05) is 30.5 Å². The number of hydrogen-bond acceptors (Lipinski definition) is 5. The Hall–Kier alpha value is -2.18. The smallest absolute Gasteiger partial charge is 0.226 e. The number of hydrogen-bond donors (Lipinski definition) is 1. The molecule has 1 aliphatic rings. The number of rotatable bonds is 7. The van der Waals surface area contributed by atoms with Gasteiger partial charge < -0.3 is 9.84 Å². The summed E-state index contributed by atoms with van der Waals surface area (Å²) in [5.74, 6) is 1.45. The van der Waals surface area contributed by atoms with E-state index in [2.05, 4.69) is 52.9 Å². The minimum Gasteiger partial charge on any atom is -0.349 e. The van der Waals surface area contributed by atoms with Gasteiger partial charge in [-0.1, -0.05) is 12.1 Å². The van der Waals surface area contributed by atoms with Gasteiger partial charge in [0.05, 0.1) is 17.8 Å². The summed E-state index contributed by atoms with van der Waals surface area (Å²) in [5, 5.41) is 11.7. The summed E-state index contributed by atoms with van der Waals surface area (Å²) in [4.78, 5) is 16.8. The fourth-order valence-corrected chi connectivity index (χ4v) is 3.67. The third-order valence-corrected chi connectivity index (χ3v) is 4.93. The molecule has 2 heterocycles. The van der Waals surface area contributed by atoms with E-state index in [1.54, 1.807) is 0 Å². The lowest BCUT2D eigenvalue weighted by Gasteiger charge is -2.28. The monoisotopic (exact) mass is 373 g/mol. The molecule has 0 saturated heterocycles. The summed E-state index contributed by atoms with van der Waals surface area (Å²) in [5.41, 5.74) is 2.39. The van der Waals surface area contributed by atoms with Crippen LogP contribution in [0.2, 0.25) is 0 Å². The summed E-state index contributed by atoms with van der Waals surface area (Å²) < 4.78 is 7.33. The Labute approximate surface area is 160 Å². The molecule has 1 N–H and O–H groups in total. The molecule has 1 atom stereocenters. The average molecular weight is 374 g/mol. The molecular formula is C20H31N5O2. The van der Waals surface area contributed by atoms with Crippen LogP contribution in [-0.4, -0.2) is 25.8 Å². The van der Waals surface area contributed by atoms with Gasteiger partial charge in [-0.25, -0.2) is 0 Å². The molecule has 1 aliphatic carbocycles. The van der Waals surface area contributed by atoms with Gasteiger partial charge in [-0.2, -0.15) is 10.1 Å². The maximum absolute atomic E-state index is 12.4. The van der Waals surface area contributed by atoms with E-state index >= 15 is 0 Å². The zero-order chi connectivity index (χ0) is 19.4. The topological polar surface area (TPSA) is 85.8 Å². The molecule has 7 heteroatoms. The highest BCUT2D eigenvalue weighted by Crippen LogP contribution is 2.32. The molecule has 27 heavy (non-hydrogen) atoms. The number of nitrogens with zero attached hydrogens (tertiary/aromatic N) is 4. The first kappa shape index (κ1) is 19.6. The Morgan fingerprint density at radius 2 is 2.19 bits per heavy atom. The molecule has 0 saturated carbocycles. The molecule has 148 valence electrons. The van der Waals surface area contributed by atoms with Gasteiger partial charge in [0.15, 0.2) is 5.82 Å². The van der Waals surface area contributed by atoms with Crippen molar-refractivity contribution in [3.8, 4) is 0 Å². The lowest BCUT2D eigenvalue weighted by Crippen LogP contribution is -2.32. The van der Waals surface area contributed by atoms with Gasteiger partial charge in [0.2, 0.25) is 11.8 Å². The first-order valence-electron chi connectivity index (χ1n) is 10.1. The molecule has 2 aromatic heterocycles. The Morgan fingerprint density at radius 3 is 2.93 bits per heavy atom. The average Bonchev–Trinajstić information content (AvgIpc) is 3.22. The van der Waals surface area contributed by atoms with Crippen molar-refractivity contribution in [1.29, 1.82) is 0 Å². The Kier molecular flexibility index (Phi) is 5.97. The van der Waals surface area contributed by atoms with Crippen LogP contribution in [0.4, 0.5) is 0 Å². The van der Waals surface area contributed by atoms with Crippen molar-refractivity contribution in [2.45, 2.75) is 90.6 Å². The second-order valence-corrected chi connectivity index (χ2v) is 8.35. The quantitative estimate of drug-likeness (QED) is 0.803. The lowest BCUT2D eigenvalue weighted by molar-refractivity contribution is -0.122. The Morgan fingerprint density at radius 1 is 1.37 bits per heavy atom. The summed E-state index contributed by atoms with van der Waals surface area (Å²) in [7, 11) is 0. The molecule has 2 aromatic rings. The molecular weight excluding hydrogens is 342 g/mol. The summed E-state index contributed by atoms with van der Waals surface area (Å²) in [6.45, 7) is 8.56. The number of amides is 1. The maximum Gasteiger partial charge on any atom is 0.226 e. The van der Waals surface area contributed by atoms with Crippen LogP contribution in [0.25, 0.3) is 0 Å². The second kappa shape index (κ2) is 8.23. The van der Waals surface area contributed by atoms with Gasteiger partial charge >= 0.3 is 0 Å². The fraction of sp³-hybridized carbons (Fsp3) is 0.700. The molecule has 3 rings (SSSR count). The van der Waals surface area contributed by atoms with Crippen molar-refractivity contribution in [3.63, 3.8) is 0 Å². The number of carbonyl (C=O) groups is 1. The van der Waals surface area contributed by atoms with Crippen LogP contribution >= 0.6 is 0 Å². The van der Waals surface area contributed by atoms with Gasteiger partial charge in [-0.05, 0) is 52.9 Å². The van der Waals surface area contributed by atoms with Crippen LogP contribution < -0.4 is 5.32 Å². The Balaban J connectivity index is 1.52. The zero-order valence-corrected chi connectivity index (χ0v) is 16.9. The lowest BCUT2D eigenvalue weighted by atomic mass is 9.92. The van der Waals surface area contributed by atoms with E-state index in [0.717, 1.165) is 37.9 Å². The molecule has 0 radical (unpaired) electrons. The van der Waals surface area contributed by atoms with E-state index in [0.29, 0.717) is 25.2 Å². The van der Waals surface area contributed by atoms with Crippen molar-refractivity contribution in [3.05, 3.63) is 29.2 Å². The molecule has 7 nitrogen and oxygen atoms in total. The first-order chi connectivity index (χ1) is 12.9. The molecule has 0 fully saturated rings. The number of carbonyl (C=O) groups excluding carboxylic acids is 1. The largest absolute Gasteiger partial charge is 0.349 e. The molecule has 1 amide bonds. The molecule has 1 unspecified atom stereocenters. The summed E-state index contributed by atoms with van der Waals surface area (Å²) in [6.07, 6.45) is 8.63. The molecule has 0 spiro atoms. The minimum absolute atomic E-state index is 0.0415. The Bertz CT molecular complexity index is 772. The van der Waals surface area contributed by atoms with Gasteiger partial charge in [-0.3, -0.25) is 9.48 Å². The van der Waals surface area contributed by atoms with Crippen LogP contribution in [0.3, 0.4) is 0 Å². The number of fused-ring (bicyclic) bond motifs is 1. The van der Waals surface area contributed by atoms with Crippen molar-refractivity contribution in [2.24, 2.45) is 0 Å².